The Kier molecular flexibility index (Phi) is 3.83. The molecule has 27 heavy (non-hydrogen) atoms. The van der Waals surface area contributed by atoms with Gasteiger partial charge in [-0.05, 0) is 23.6 Å². The average molecular weight is 384 g/mol. The third-order valence-electron chi connectivity index (χ3n) is 4.62. The normalized spacial score (nSPS) is 24.7. The van der Waals surface area contributed by atoms with Crippen LogP contribution in [0.15, 0.2) is 30.0 Å². The van der Waals surface area contributed by atoms with Crippen molar-refractivity contribution in [2.75, 3.05) is 5.32 Å². The highest BCUT2D eigenvalue weighted by Crippen LogP contribution is 2.43. The predicted molar refractivity (Wildman–Crippen MR) is 83.5 cm³/mol. The molecular formula is C17H13F5N4O. The average Bonchev–Trinajstić information content (AvgIpc) is 2.95. The summed E-state index contributed by atoms with van der Waals surface area (Å²) < 4.78 is 67.6. The van der Waals surface area contributed by atoms with Crippen LogP contribution in [-0.4, -0.2) is 20.5 Å². The highest BCUT2D eigenvalue weighted by atomic mass is 19.4. The summed E-state index contributed by atoms with van der Waals surface area (Å²) in [6.07, 6.45) is -2.92. The van der Waals surface area contributed by atoms with Gasteiger partial charge in [-0.25, -0.2) is 13.5 Å². The number of benzene rings is 1. The lowest BCUT2D eigenvalue weighted by atomic mass is 9.78. The third kappa shape index (κ3) is 2.98. The first-order valence-electron chi connectivity index (χ1n) is 8.14. The molecule has 142 valence electrons. The van der Waals surface area contributed by atoms with Crippen LogP contribution in [0.4, 0.5) is 27.9 Å². The second kappa shape index (κ2) is 5.86. The number of fused-ring (bicyclic) bond motifs is 2. The van der Waals surface area contributed by atoms with Crippen LogP contribution in [0.25, 0.3) is 0 Å². The van der Waals surface area contributed by atoms with E-state index in [2.05, 4.69) is 15.4 Å². The number of hydrogen-bond acceptors (Lipinski definition) is 4. The van der Waals surface area contributed by atoms with Crippen LogP contribution in [0.5, 0.6) is 0 Å². The van der Waals surface area contributed by atoms with Crippen LogP contribution in [-0.2, 0) is 11.0 Å². The van der Waals surface area contributed by atoms with E-state index in [9.17, 15) is 26.7 Å². The Bertz CT molecular complexity index is 944. The van der Waals surface area contributed by atoms with E-state index in [0.717, 1.165) is 16.8 Å². The molecule has 2 heterocycles. The van der Waals surface area contributed by atoms with Gasteiger partial charge in [0, 0.05) is 18.2 Å². The number of aromatic nitrogens is 3. The first-order valence-corrected chi connectivity index (χ1v) is 8.14. The number of nitrogens with zero attached hydrogens (tertiary/aromatic N) is 3. The molecular weight excluding hydrogens is 371 g/mol. The molecule has 4 rings (SSSR count). The molecule has 0 bridgehead atoms. The van der Waals surface area contributed by atoms with E-state index in [0.29, 0.717) is 11.8 Å². The molecule has 1 aromatic heterocycles. The maximum Gasteiger partial charge on any atom is 0.453 e. The summed E-state index contributed by atoms with van der Waals surface area (Å²) in [7, 11) is 0. The Balaban J connectivity index is 1.94. The van der Waals surface area contributed by atoms with Gasteiger partial charge < -0.3 is 5.32 Å². The number of hydrogen-bond donors (Lipinski definition) is 1. The molecule has 0 saturated carbocycles. The maximum atomic E-state index is 13.8. The number of ketones is 1. The number of allylic oxidation sites excluding steroid dienone is 2. The maximum absolute atomic E-state index is 13.8. The fourth-order valence-electron chi connectivity index (χ4n) is 3.62. The summed E-state index contributed by atoms with van der Waals surface area (Å²) in [6, 6.07) is 1.48. The molecule has 1 N–H and O–H groups in total. The molecule has 5 nitrogen and oxygen atoms in total. The number of alkyl halides is 3. The molecule has 0 saturated heterocycles. The van der Waals surface area contributed by atoms with E-state index < -0.39 is 35.6 Å². The number of anilines is 1. The standard InChI is InChI=1S/C17H13F5N4O/c1-7-2-11-13(12(27)3-7)14(8-4-9(18)6-10(19)5-8)26-16(23-11)24-15(25-26)17(20,21)22/h2,4-7,13-14H,3H2,1H3,(H,23,24,25)/t7-,13+,14+/m1/s1. The van der Waals surface area contributed by atoms with Crippen LogP contribution in [0.2, 0.25) is 0 Å². The molecule has 0 radical (unpaired) electrons. The SMILES string of the molecule is C[C@@H]1C=C2Nc3nc(C(F)(F)F)nn3[C@@H](c3cc(F)cc(F)c3)[C@@H]2C(=O)C1. The van der Waals surface area contributed by atoms with Crippen molar-refractivity contribution in [1.82, 2.24) is 14.8 Å². The zero-order valence-electron chi connectivity index (χ0n) is 13.9. The Morgan fingerprint density at radius 3 is 2.48 bits per heavy atom. The highest BCUT2D eigenvalue weighted by Gasteiger charge is 2.45. The Morgan fingerprint density at radius 1 is 1.19 bits per heavy atom. The first kappa shape index (κ1) is 17.6. The summed E-state index contributed by atoms with van der Waals surface area (Å²) in [4.78, 5) is 16.1. The number of nitrogens with one attached hydrogen (secondary N) is 1. The smallest absolute Gasteiger partial charge is 0.328 e. The van der Waals surface area contributed by atoms with Gasteiger partial charge in [-0.2, -0.15) is 18.2 Å². The van der Waals surface area contributed by atoms with Gasteiger partial charge in [0.05, 0.1) is 12.0 Å². The lowest BCUT2D eigenvalue weighted by molar-refractivity contribution is -0.145. The van der Waals surface area contributed by atoms with Gasteiger partial charge in [-0.1, -0.05) is 13.0 Å². The number of halogens is 5. The fraction of sp³-hybridized carbons (Fsp3) is 0.353. The largest absolute Gasteiger partial charge is 0.453 e. The summed E-state index contributed by atoms with van der Waals surface area (Å²) in [5, 5.41) is 6.20. The molecule has 10 heteroatoms. The van der Waals surface area contributed by atoms with E-state index in [1.807, 2.05) is 0 Å². The third-order valence-corrected chi connectivity index (χ3v) is 4.62. The summed E-state index contributed by atoms with van der Waals surface area (Å²) >= 11 is 0. The molecule has 3 atom stereocenters. The minimum absolute atomic E-state index is 0.00711. The number of Topliss-reactive ketones (excluding diaryl/α,β-unsaturated/α-hetero) is 1. The monoisotopic (exact) mass is 384 g/mol. The van der Waals surface area contributed by atoms with Crippen LogP contribution < -0.4 is 5.32 Å². The lowest BCUT2D eigenvalue weighted by Crippen LogP contribution is -2.40. The van der Waals surface area contributed by atoms with Gasteiger partial charge in [-0.3, -0.25) is 4.79 Å². The van der Waals surface area contributed by atoms with Crippen LogP contribution >= 0.6 is 0 Å². The van der Waals surface area contributed by atoms with Gasteiger partial charge >= 0.3 is 6.18 Å². The topological polar surface area (TPSA) is 59.8 Å². The summed E-state index contributed by atoms with van der Waals surface area (Å²) in [5.41, 5.74) is 0.370. The minimum Gasteiger partial charge on any atom is -0.328 e. The second-order valence-electron chi connectivity index (χ2n) is 6.72. The molecule has 0 amide bonds. The number of carbonyl (C=O) groups is 1. The molecule has 1 aliphatic carbocycles. The van der Waals surface area contributed by atoms with E-state index in [1.165, 1.54) is 0 Å². The zero-order chi connectivity index (χ0) is 19.5. The van der Waals surface area contributed by atoms with E-state index in [1.54, 1.807) is 13.0 Å². The lowest BCUT2D eigenvalue weighted by Gasteiger charge is -2.37. The molecule has 1 aliphatic heterocycles. The Hall–Kier alpha value is -2.78. The van der Waals surface area contributed by atoms with Gasteiger partial charge in [0.15, 0.2) is 0 Å². The zero-order valence-corrected chi connectivity index (χ0v) is 13.9. The van der Waals surface area contributed by atoms with Crippen molar-refractivity contribution < 1.29 is 26.7 Å². The van der Waals surface area contributed by atoms with Gasteiger partial charge in [0.2, 0.25) is 5.95 Å². The number of carbonyl (C=O) groups excluding carboxylic acids is 1. The molecule has 2 aliphatic rings. The van der Waals surface area contributed by atoms with E-state index >= 15 is 0 Å². The molecule has 1 aromatic carbocycles. The second-order valence-corrected chi connectivity index (χ2v) is 6.72. The van der Waals surface area contributed by atoms with Crippen molar-refractivity contribution >= 4 is 11.7 Å². The summed E-state index contributed by atoms with van der Waals surface area (Å²) in [6.45, 7) is 1.79. The van der Waals surface area contributed by atoms with E-state index in [4.69, 9.17) is 0 Å². The van der Waals surface area contributed by atoms with Crippen molar-refractivity contribution in [3.05, 3.63) is 53.0 Å². The van der Waals surface area contributed by atoms with Crippen molar-refractivity contribution in [2.45, 2.75) is 25.6 Å². The quantitative estimate of drug-likeness (QED) is 0.762. The first-order chi connectivity index (χ1) is 12.6. The fourth-order valence-corrected chi connectivity index (χ4v) is 3.62. The van der Waals surface area contributed by atoms with Crippen LogP contribution in [0.1, 0.15) is 30.8 Å². The van der Waals surface area contributed by atoms with Crippen molar-refractivity contribution in [2.24, 2.45) is 11.8 Å². The van der Waals surface area contributed by atoms with Crippen LogP contribution in [0.3, 0.4) is 0 Å². The van der Waals surface area contributed by atoms with Gasteiger partial charge in [-0.15, -0.1) is 5.10 Å². The molecule has 0 fully saturated rings. The Morgan fingerprint density at radius 2 is 1.85 bits per heavy atom. The summed E-state index contributed by atoms with van der Waals surface area (Å²) in [5.74, 6) is -4.74. The van der Waals surface area contributed by atoms with Gasteiger partial charge in [0.25, 0.3) is 5.82 Å². The number of rotatable bonds is 1. The highest BCUT2D eigenvalue weighted by molar-refractivity contribution is 5.87. The van der Waals surface area contributed by atoms with Crippen molar-refractivity contribution in [1.29, 1.82) is 0 Å². The van der Waals surface area contributed by atoms with Crippen molar-refractivity contribution in [3.63, 3.8) is 0 Å². The molecule has 0 unspecified atom stereocenters. The van der Waals surface area contributed by atoms with Crippen molar-refractivity contribution in [3.8, 4) is 0 Å². The van der Waals surface area contributed by atoms with Crippen LogP contribution in [0, 0.1) is 23.5 Å². The Labute approximate surface area is 149 Å². The molecule has 2 aromatic rings. The van der Waals surface area contributed by atoms with E-state index in [-0.39, 0.29) is 29.6 Å². The van der Waals surface area contributed by atoms with Gasteiger partial charge in [0.1, 0.15) is 17.4 Å². The predicted octanol–water partition coefficient (Wildman–Crippen LogP) is 3.70. The minimum atomic E-state index is -4.80. The molecule has 0 spiro atoms.